The van der Waals surface area contributed by atoms with Gasteiger partial charge in [-0.3, -0.25) is 9.59 Å². The first-order chi connectivity index (χ1) is 11.1. The lowest BCUT2D eigenvalue weighted by Crippen LogP contribution is -2.19. The first-order valence-electron chi connectivity index (χ1n) is 7.34. The van der Waals surface area contributed by atoms with Crippen molar-refractivity contribution in [1.29, 1.82) is 0 Å². The van der Waals surface area contributed by atoms with Crippen LogP contribution < -0.4 is 10.6 Å². The molecule has 0 heterocycles. The fourth-order valence-corrected chi connectivity index (χ4v) is 2.81. The summed E-state index contributed by atoms with van der Waals surface area (Å²) in [5.74, 6) is 0.926. The molecule has 4 nitrogen and oxygen atoms in total. The predicted octanol–water partition coefficient (Wildman–Crippen LogP) is 3.23. The summed E-state index contributed by atoms with van der Waals surface area (Å²) in [6.07, 6.45) is 0. The van der Waals surface area contributed by atoms with Gasteiger partial charge in [-0.2, -0.15) is 0 Å². The van der Waals surface area contributed by atoms with E-state index in [9.17, 15) is 9.59 Å². The van der Waals surface area contributed by atoms with Crippen LogP contribution in [0.2, 0.25) is 0 Å². The molecule has 2 amide bonds. The maximum absolute atomic E-state index is 12.0. The van der Waals surface area contributed by atoms with Crippen LogP contribution in [-0.4, -0.2) is 24.6 Å². The molecule has 0 unspecified atom stereocenters. The Morgan fingerprint density at radius 2 is 1.83 bits per heavy atom. The predicted molar refractivity (Wildman–Crippen MR) is 95.8 cm³/mol. The van der Waals surface area contributed by atoms with E-state index in [0.29, 0.717) is 17.0 Å². The van der Waals surface area contributed by atoms with E-state index in [1.54, 1.807) is 43.1 Å². The molecule has 0 radical (unpaired) electrons. The maximum atomic E-state index is 12.0. The average Bonchev–Trinajstić information content (AvgIpc) is 2.56. The Hall–Kier alpha value is -2.27. The second-order valence-corrected chi connectivity index (χ2v) is 6.17. The molecule has 23 heavy (non-hydrogen) atoms. The van der Waals surface area contributed by atoms with E-state index >= 15 is 0 Å². The van der Waals surface area contributed by atoms with Crippen LogP contribution >= 0.6 is 11.8 Å². The number of aryl methyl sites for hydroxylation is 1. The molecule has 0 bridgehead atoms. The molecular formula is C18H20N2O2S. The summed E-state index contributed by atoms with van der Waals surface area (Å²) in [7, 11) is 1.58. The number of thioether (sulfide) groups is 1. The number of carbonyl (C=O) groups excluding carboxylic acids is 2. The highest BCUT2D eigenvalue weighted by atomic mass is 32.2. The van der Waals surface area contributed by atoms with Gasteiger partial charge in [-0.25, -0.2) is 0 Å². The van der Waals surface area contributed by atoms with Crippen LogP contribution in [0.4, 0.5) is 5.69 Å². The molecule has 2 N–H and O–H groups in total. The third kappa shape index (κ3) is 5.45. The van der Waals surface area contributed by atoms with Gasteiger partial charge in [0.1, 0.15) is 0 Å². The molecule has 0 spiro atoms. The van der Waals surface area contributed by atoms with Gasteiger partial charge < -0.3 is 10.6 Å². The lowest BCUT2D eigenvalue weighted by atomic mass is 10.2. The summed E-state index contributed by atoms with van der Waals surface area (Å²) in [5, 5.41) is 5.38. The Labute approximate surface area is 140 Å². The van der Waals surface area contributed by atoms with Gasteiger partial charge in [0.05, 0.1) is 5.75 Å². The monoisotopic (exact) mass is 328 g/mol. The van der Waals surface area contributed by atoms with E-state index in [1.807, 2.05) is 0 Å². The van der Waals surface area contributed by atoms with Gasteiger partial charge in [0.15, 0.2) is 0 Å². The van der Waals surface area contributed by atoms with Gasteiger partial charge in [-0.1, -0.05) is 35.9 Å². The highest BCUT2D eigenvalue weighted by molar-refractivity contribution is 7.99. The summed E-state index contributed by atoms with van der Waals surface area (Å²) in [5.41, 5.74) is 3.59. The third-order valence-corrected chi connectivity index (χ3v) is 4.26. The number of carbonyl (C=O) groups is 2. The second kappa shape index (κ2) is 8.39. The summed E-state index contributed by atoms with van der Waals surface area (Å²) in [6.45, 7) is 2.05. The number of amides is 2. The zero-order valence-electron chi connectivity index (χ0n) is 13.3. The molecule has 0 aromatic heterocycles. The van der Waals surface area contributed by atoms with Gasteiger partial charge in [-0.15, -0.1) is 11.8 Å². The Morgan fingerprint density at radius 3 is 2.52 bits per heavy atom. The first-order valence-corrected chi connectivity index (χ1v) is 8.49. The topological polar surface area (TPSA) is 58.2 Å². The van der Waals surface area contributed by atoms with Crippen molar-refractivity contribution in [2.45, 2.75) is 12.7 Å². The second-order valence-electron chi connectivity index (χ2n) is 5.19. The van der Waals surface area contributed by atoms with Crippen LogP contribution in [0.3, 0.4) is 0 Å². The minimum atomic E-state index is -0.171. The number of nitrogens with one attached hydrogen (secondary N) is 2. The van der Waals surface area contributed by atoms with Crippen molar-refractivity contribution in [2.75, 3.05) is 18.1 Å². The summed E-state index contributed by atoms with van der Waals surface area (Å²) < 4.78 is 0. The molecule has 0 fully saturated rings. The molecule has 0 aliphatic carbocycles. The molecule has 5 heteroatoms. The van der Waals surface area contributed by atoms with Crippen LogP contribution in [0, 0.1) is 6.92 Å². The van der Waals surface area contributed by atoms with Gasteiger partial charge >= 0.3 is 0 Å². The van der Waals surface area contributed by atoms with E-state index in [4.69, 9.17) is 0 Å². The fraction of sp³-hybridized carbons (Fsp3) is 0.222. The van der Waals surface area contributed by atoms with Crippen molar-refractivity contribution < 1.29 is 9.59 Å². The number of hydrogen-bond donors (Lipinski definition) is 2. The van der Waals surface area contributed by atoms with Gasteiger partial charge in [-0.05, 0) is 30.7 Å². The number of rotatable bonds is 6. The first kappa shape index (κ1) is 17.1. The SMILES string of the molecule is CNC(=O)c1cccc(NC(=O)CSCc2ccc(C)cc2)c1. The number of anilines is 1. The number of benzene rings is 2. The lowest BCUT2D eigenvalue weighted by molar-refractivity contribution is -0.113. The Kier molecular flexibility index (Phi) is 6.23. The van der Waals surface area contributed by atoms with Crippen LogP contribution in [0.5, 0.6) is 0 Å². The van der Waals surface area contributed by atoms with Gasteiger partial charge in [0.2, 0.25) is 5.91 Å². The van der Waals surface area contributed by atoms with Crippen LogP contribution in [0.25, 0.3) is 0 Å². The van der Waals surface area contributed by atoms with E-state index < -0.39 is 0 Å². The molecule has 2 aromatic rings. The quantitative estimate of drug-likeness (QED) is 0.856. The minimum absolute atomic E-state index is 0.0730. The largest absolute Gasteiger partial charge is 0.355 e. The molecule has 2 aromatic carbocycles. The van der Waals surface area contributed by atoms with E-state index in [0.717, 1.165) is 5.75 Å². The Bertz CT molecular complexity index is 684. The van der Waals surface area contributed by atoms with Crippen LogP contribution in [0.1, 0.15) is 21.5 Å². The molecular weight excluding hydrogens is 308 g/mol. The van der Waals surface area contributed by atoms with Crippen molar-refractivity contribution >= 4 is 29.3 Å². The zero-order chi connectivity index (χ0) is 16.7. The highest BCUT2D eigenvalue weighted by Gasteiger charge is 2.06. The van der Waals surface area contributed by atoms with E-state index in [2.05, 4.69) is 41.8 Å². The van der Waals surface area contributed by atoms with Crippen molar-refractivity contribution in [3.63, 3.8) is 0 Å². The van der Waals surface area contributed by atoms with Crippen molar-refractivity contribution in [3.05, 3.63) is 65.2 Å². The Balaban J connectivity index is 1.82. The minimum Gasteiger partial charge on any atom is -0.355 e. The summed E-state index contributed by atoms with van der Waals surface area (Å²) >= 11 is 1.56. The molecule has 0 aliphatic rings. The van der Waals surface area contributed by atoms with Crippen molar-refractivity contribution in [2.24, 2.45) is 0 Å². The van der Waals surface area contributed by atoms with Gasteiger partial charge in [0.25, 0.3) is 5.91 Å². The molecule has 120 valence electrons. The van der Waals surface area contributed by atoms with Crippen molar-refractivity contribution in [3.8, 4) is 0 Å². The molecule has 0 aliphatic heterocycles. The zero-order valence-corrected chi connectivity index (χ0v) is 14.1. The van der Waals surface area contributed by atoms with Crippen molar-refractivity contribution in [1.82, 2.24) is 5.32 Å². The average molecular weight is 328 g/mol. The Morgan fingerprint density at radius 1 is 1.09 bits per heavy atom. The fourth-order valence-electron chi connectivity index (χ4n) is 2.03. The molecule has 0 saturated heterocycles. The maximum Gasteiger partial charge on any atom is 0.251 e. The van der Waals surface area contributed by atoms with E-state index in [-0.39, 0.29) is 11.8 Å². The number of hydrogen-bond acceptors (Lipinski definition) is 3. The lowest BCUT2D eigenvalue weighted by Gasteiger charge is -2.07. The summed E-state index contributed by atoms with van der Waals surface area (Å²) in [4.78, 5) is 23.6. The standard InChI is InChI=1S/C18H20N2O2S/c1-13-6-8-14(9-7-13)11-23-12-17(21)20-16-5-3-4-15(10-16)18(22)19-2/h3-10H,11-12H2,1-2H3,(H,19,22)(H,20,21). The summed E-state index contributed by atoms with van der Waals surface area (Å²) in [6, 6.07) is 15.2. The smallest absolute Gasteiger partial charge is 0.251 e. The molecule has 0 atom stereocenters. The van der Waals surface area contributed by atoms with Gasteiger partial charge in [0, 0.05) is 24.1 Å². The normalized spacial score (nSPS) is 10.2. The van der Waals surface area contributed by atoms with E-state index in [1.165, 1.54) is 11.1 Å². The van der Waals surface area contributed by atoms with Crippen LogP contribution in [-0.2, 0) is 10.5 Å². The van der Waals surface area contributed by atoms with Crippen LogP contribution in [0.15, 0.2) is 48.5 Å². The highest BCUT2D eigenvalue weighted by Crippen LogP contribution is 2.15. The molecule has 0 saturated carbocycles. The third-order valence-electron chi connectivity index (χ3n) is 3.26. The molecule has 2 rings (SSSR count).